The molecule has 0 radical (unpaired) electrons. The molecular formula is C28H31ClN6O2S. The summed E-state index contributed by atoms with van der Waals surface area (Å²) in [6.07, 6.45) is 6.74. The highest BCUT2D eigenvalue weighted by Gasteiger charge is 2.28. The van der Waals surface area contributed by atoms with Crippen molar-refractivity contribution >= 4 is 50.6 Å². The van der Waals surface area contributed by atoms with Gasteiger partial charge in [-0.05, 0) is 51.4 Å². The van der Waals surface area contributed by atoms with E-state index in [0.717, 1.165) is 38.6 Å². The van der Waals surface area contributed by atoms with E-state index in [9.17, 15) is 4.79 Å². The van der Waals surface area contributed by atoms with Crippen LogP contribution in [0.15, 0.2) is 55.0 Å². The van der Waals surface area contributed by atoms with Crippen LogP contribution in [0.25, 0.3) is 10.2 Å². The van der Waals surface area contributed by atoms with Crippen LogP contribution in [-0.4, -0.2) is 51.3 Å². The van der Waals surface area contributed by atoms with Crippen LogP contribution < -0.4 is 10.1 Å². The Morgan fingerprint density at radius 3 is 2.71 bits per heavy atom. The lowest BCUT2D eigenvalue weighted by Crippen LogP contribution is -2.23. The smallest absolute Gasteiger partial charge is 0.246 e. The first kappa shape index (κ1) is 27.5. The first-order chi connectivity index (χ1) is 18.4. The minimum Gasteiger partial charge on any atom is -0.454 e. The fourth-order valence-corrected chi connectivity index (χ4v) is 5.30. The average Bonchev–Trinajstić information content (AvgIpc) is 3.46. The highest BCUT2D eigenvalue weighted by atomic mass is 35.5. The summed E-state index contributed by atoms with van der Waals surface area (Å²) in [6, 6.07) is 9.22. The fraction of sp³-hybridized carbons (Fsp3) is 0.286. The highest BCUT2D eigenvalue weighted by Crippen LogP contribution is 2.40. The Bertz CT molecular complexity index is 1450. The van der Waals surface area contributed by atoms with Crippen molar-refractivity contribution < 1.29 is 9.53 Å². The number of ether oxygens (including phenoxy) is 1. The maximum Gasteiger partial charge on any atom is 0.246 e. The van der Waals surface area contributed by atoms with Gasteiger partial charge >= 0.3 is 0 Å². The molecule has 1 N–H and O–H groups in total. The van der Waals surface area contributed by atoms with Gasteiger partial charge in [-0.15, -0.1) is 11.3 Å². The summed E-state index contributed by atoms with van der Waals surface area (Å²) < 4.78 is 5.87. The third-order valence-electron chi connectivity index (χ3n) is 5.70. The zero-order chi connectivity index (χ0) is 27.2. The number of thiophene rings is 1. The monoisotopic (exact) mass is 550 g/mol. The van der Waals surface area contributed by atoms with E-state index in [2.05, 4.69) is 20.3 Å². The molecule has 1 aliphatic heterocycles. The Morgan fingerprint density at radius 2 is 2.00 bits per heavy atom. The van der Waals surface area contributed by atoms with Crippen molar-refractivity contribution in [2.45, 2.75) is 33.9 Å². The second kappa shape index (κ2) is 12.3. The van der Waals surface area contributed by atoms with E-state index in [1.807, 2.05) is 68.9 Å². The molecule has 4 heterocycles. The first-order valence-corrected chi connectivity index (χ1v) is 13.6. The number of benzene rings is 1. The highest BCUT2D eigenvalue weighted by molar-refractivity contribution is 7.19. The van der Waals surface area contributed by atoms with Crippen molar-refractivity contribution in [1.82, 2.24) is 24.8 Å². The molecule has 5 rings (SSSR count). The summed E-state index contributed by atoms with van der Waals surface area (Å²) in [6.45, 7) is 7.75. The molecule has 8 nitrogen and oxygen atoms in total. The number of nitrogens with zero attached hydrogens (tertiary/aromatic N) is 5. The van der Waals surface area contributed by atoms with Crippen LogP contribution in [0.1, 0.15) is 30.0 Å². The van der Waals surface area contributed by atoms with Crippen LogP contribution >= 0.6 is 22.9 Å². The van der Waals surface area contributed by atoms with E-state index in [1.165, 1.54) is 0 Å². The van der Waals surface area contributed by atoms with Gasteiger partial charge in [-0.25, -0.2) is 9.97 Å². The molecule has 0 saturated carbocycles. The largest absolute Gasteiger partial charge is 0.454 e. The number of hydrogen-bond donors (Lipinski definition) is 1. The van der Waals surface area contributed by atoms with E-state index in [4.69, 9.17) is 16.3 Å². The molecule has 10 heteroatoms. The summed E-state index contributed by atoms with van der Waals surface area (Å²) in [4.78, 5) is 31.8. The minimum absolute atomic E-state index is 0.00547. The van der Waals surface area contributed by atoms with Gasteiger partial charge in [0, 0.05) is 41.0 Å². The van der Waals surface area contributed by atoms with Gasteiger partial charge < -0.3 is 19.9 Å². The molecule has 0 unspecified atom stereocenters. The lowest BCUT2D eigenvalue weighted by molar-refractivity contribution is -0.126. The van der Waals surface area contributed by atoms with E-state index in [1.54, 1.807) is 42.1 Å². The maximum atomic E-state index is 12.7. The maximum absolute atomic E-state index is 12.7. The van der Waals surface area contributed by atoms with Crippen LogP contribution in [0.4, 0.5) is 11.5 Å². The molecule has 1 aliphatic rings. The van der Waals surface area contributed by atoms with Crippen molar-refractivity contribution in [3.63, 3.8) is 0 Å². The van der Waals surface area contributed by atoms with Crippen LogP contribution in [0.5, 0.6) is 11.5 Å². The van der Waals surface area contributed by atoms with Crippen molar-refractivity contribution in [2.75, 3.05) is 26.0 Å². The normalized spacial score (nSPS) is 12.6. The summed E-state index contributed by atoms with van der Waals surface area (Å²) >= 11 is 8.11. The van der Waals surface area contributed by atoms with E-state index < -0.39 is 0 Å². The number of rotatable bonds is 7. The number of fused-ring (bicyclic) bond motifs is 3. The van der Waals surface area contributed by atoms with E-state index >= 15 is 0 Å². The number of aryl methyl sites for hydroxylation is 1. The lowest BCUT2D eigenvalue weighted by Gasteiger charge is -2.14. The Labute approximate surface area is 231 Å². The third-order valence-corrected chi connectivity index (χ3v) is 7.12. The van der Waals surface area contributed by atoms with Crippen LogP contribution in [0.3, 0.4) is 0 Å². The number of nitrogens with one attached hydrogen (secondary N) is 1. The molecule has 3 aromatic heterocycles. The van der Waals surface area contributed by atoms with E-state index in [-0.39, 0.29) is 5.91 Å². The topological polar surface area (TPSA) is 83.5 Å². The number of anilines is 2. The molecule has 1 amide bonds. The first-order valence-electron chi connectivity index (χ1n) is 12.4. The lowest BCUT2D eigenvalue weighted by atomic mass is 10.2. The molecule has 0 atom stereocenters. The molecular weight excluding hydrogens is 520 g/mol. The van der Waals surface area contributed by atoms with Crippen molar-refractivity contribution in [1.29, 1.82) is 0 Å². The molecule has 198 valence electrons. The fourth-order valence-electron chi connectivity index (χ4n) is 3.91. The molecule has 1 aromatic carbocycles. The quantitative estimate of drug-likeness (QED) is 0.260. The van der Waals surface area contributed by atoms with Gasteiger partial charge in [0.25, 0.3) is 0 Å². The molecule has 38 heavy (non-hydrogen) atoms. The Morgan fingerprint density at radius 1 is 1.18 bits per heavy atom. The minimum atomic E-state index is 0.00547. The SMILES string of the molecule is CC.Cc1ccc(Oc2ccc(Nc3ncnc4sc5c(c34)CN(C(=O)/C=C/CN(C)C)C5)cc2Cl)cn1. The molecule has 0 spiro atoms. The third kappa shape index (κ3) is 6.30. The predicted molar refractivity (Wildman–Crippen MR) is 154 cm³/mol. The van der Waals surface area contributed by atoms with Gasteiger partial charge in [0.1, 0.15) is 28.5 Å². The Kier molecular flexibility index (Phi) is 8.93. The van der Waals surface area contributed by atoms with Gasteiger partial charge in [-0.3, -0.25) is 9.78 Å². The molecule has 0 bridgehead atoms. The summed E-state index contributed by atoms with van der Waals surface area (Å²) in [5.41, 5.74) is 2.77. The number of carbonyl (C=O) groups excluding carboxylic acids is 1. The van der Waals surface area contributed by atoms with Crippen LogP contribution in [0.2, 0.25) is 5.02 Å². The Hall–Kier alpha value is -3.53. The number of pyridine rings is 1. The van der Waals surface area contributed by atoms with Crippen molar-refractivity contribution in [3.05, 3.63) is 76.2 Å². The average molecular weight is 551 g/mol. The number of likely N-dealkylation sites (N-methyl/N-ethyl adjacent to an activating group) is 1. The van der Waals surface area contributed by atoms with Gasteiger partial charge in [0.05, 0.1) is 23.2 Å². The van der Waals surface area contributed by atoms with Crippen molar-refractivity contribution in [3.8, 4) is 11.5 Å². The van der Waals surface area contributed by atoms with Crippen LogP contribution in [0, 0.1) is 6.92 Å². The van der Waals surface area contributed by atoms with Gasteiger partial charge in [0.15, 0.2) is 0 Å². The molecule has 0 aliphatic carbocycles. The zero-order valence-electron chi connectivity index (χ0n) is 22.2. The predicted octanol–water partition coefficient (Wildman–Crippen LogP) is 6.57. The van der Waals surface area contributed by atoms with E-state index in [0.29, 0.717) is 35.4 Å². The Balaban J connectivity index is 0.00000164. The zero-order valence-corrected chi connectivity index (χ0v) is 23.7. The van der Waals surface area contributed by atoms with Crippen molar-refractivity contribution in [2.24, 2.45) is 0 Å². The molecule has 0 saturated heterocycles. The number of hydrogen-bond acceptors (Lipinski definition) is 8. The van der Waals surface area contributed by atoms with Crippen LogP contribution in [-0.2, 0) is 17.9 Å². The number of halogens is 1. The standard InChI is InChI=1S/C26H25ClN6O2S.C2H6/c1-16-6-8-18(12-28-16)35-21-9-7-17(11-20(21)27)31-25-24-19-13-33(23(34)5-4-10-32(2)3)14-22(19)36-26(24)30-15-29-25;1-2/h4-9,11-12,15H,10,13-14H2,1-3H3,(H,29,30,31);1-2H3/b5-4+;. The second-order valence-corrected chi connectivity index (χ2v) is 10.3. The van der Waals surface area contributed by atoms with Gasteiger partial charge in [0.2, 0.25) is 5.91 Å². The number of aromatic nitrogens is 3. The van der Waals surface area contributed by atoms with Gasteiger partial charge in [-0.2, -0.15) is 0 Å². The molecule has 4 aromatic rings. The number of amides is 1. The second-order valence-electron chi connectivity index (χ2n) is 8.77. The van der Waals surface area contributed by atoms with Gasteiger partial charge in [-0.1, -0.05) is 31.5 Å². The summed E-state index contributed by atoms with van der Waals surface area (Å²) in [5, 5.41) is 4.77. The number of carbonyl (C=O) groups is 1. The summed E-state index contributed by atoms with van der Waals surface area (Å²) in [7, 11) is 3.94. The summed E-state index contributed by atoms with van der Waals surface area (Å²) in [5.74, 6) is 1.84. The molecule has 0 fully saturated rings.